The van der Waals surface area contributed by atoms with E-state index in [1.807, 2.05) is 84.9 Å². The molecule has 0 radical (unpaired) electrons. The molecule has 0 atom stereocenters. The zero-order valence-corrected chi connectivity index (χ0v) is 26.0. The fourth-order valence-corrected chi connectivity index (χ4v) is 5.76. The molecule has 6 aromatic rings. The molecular weight excluding hydrogens is 617 g/mol. The highest BCUT2D eigenvalue weighted by atomic mass is 32.2. The van der Waals surface area contributed by atoms with Crippen molar-refractivity contribution >= 4 is 40.2 Å². The van der Waals surface area contributed by atoms with Crippen LogP contribution in [0, 0.1) is 5.82 Å². The Labute approximate surface area is 274 Å². The number of nitrogens with zero attached hydrogens (tertiary/aromatic N) is 2. The first-order valence-electron chi connectivity index (χ1n) is 14.3. The van der Waals surface area contributed by atoms with Crippen LogP contribution >= 0.6 is 11.8 Å². The van der Waals surface area contributed by atoms with E-state index >= 15 is 0 Å². The normalized spacial score (nSPS) is 10.5. The highest BCUT2D eigenvalue weighted by Crippen LogP contribution is 2.29. The smallest absolute Gasteiger partial charge is 0.340 e. The number of thioether (sulfide) groups is 1. The van der Waals surface area contributed by atoms with Gasteiger partial charge in [-0.05, 0) is 52.6 Å². The Morgan fingerprint density at radius 2 is 1.47 bits per heavy atom. The van der Waals surface area contributed by atoms with Crippen LogP contribution in [0.15, 0.2) is 131 Å². The minimum Gasteiger partial charge on any atom is -0.465 e. The number of nitrogens with one attached hydrogen (secondary N) is 1. The number of hydrogen-bond acceptors (Lipinski definition) is 8. The summed E-state index contributed by atoms with van der Waals surface area (Å²) in [5, 5.41) is 0.687. The number of hydrogen-bond donors (Lipinski definition) is 3. The molecule has 47 heavy (non-hydrogen) atoms. The van der Waals surface area contributed by atoms with E-state index < -0.39 is 17.7 Å². The van der Waals surface area contributed by atoms with E-state index in [-0.39, 0.29) is 16.5 Å². The number of aromatic nitrogens is 2. The van der Waals surface area contributed by atoms with Crippen molar-refractivity contribution in [2.75, 3.05) is 18.6 Å². The molecule has 0 fully saturated rings. The molecule has 5 N–H and O–H groups in total. The van der Waals surface area contributed by atoms with E-state index in [2.05, 4.69) is 10.4 Å². The van der Waals surface area contributed by atoms with Gasteiger partial charge in [0.05, 0.1) is 35.0 Å². The average molecular weight is 648 g/mol. The van der Waals surface area contributed by atoms with Crippen LogP contribution in [0.3, 0.4) is 0 Å². The van der Waals surface area contributed by atoms with Gasteiger partial charge in [0.25, 0.3) is 5.56 Å². The molecule has 236 valence electrons. The number of carbonyl (C=O) groups excluding carboxylic acids is 2. The van der Waals surface area contributed by atoms with E-state index in [0.717, 1.165) is 34.0 Å². The monoisotopic (exact) mass is 647 g/mol. The quantitative estimate of drug-likeness (QED) is 0.0365. The van der Waals surface area contributed by atoms with Gasteiger partial charge in [0.2, 0.25) is 5.91 Å². The molecule has 0 aliphatic rings. The van der Waals surface area contributed by atoms with Gasteiger partial charge in [-0.15, -0.1) is 0 Å². The lowest BCUT2D eigenvalue weighted by atomic mass is 9.98. The topological polar surface area (TPSA) is 142 Å². The zero-order valence-electron chi connectivity index (χ0n) is 25.2. The first kappa shape index (κ1) is 32.6. The number of rotatable bonds is 7. The second kappa shape index (κ2) is 15.0. The molecular formula is C36H30FN5O4S. The van der Waals surface area contributed by atoms with Crippen molar-refractivity contribution in [1.29, 1.82) is 0 Å². The number of carbonyl (C=O) groups is 2. The Hall–Kier alpha value is -5.78. The van der Waals surface area contributed by atoms with Crippen LogP contribution in [0.5, 0.6) is 0 Å². The molecule has 0 bridgehead atoms. The number of methoxy groups -OCH3 is 1. The molecule has 0 aliphatic carbocycles. The molecule has 0 unspecified atom stereocenters. The van der Waals surface area contributed by atoms with Gasteiger partial charge < -0.3 is 10.5 Å². The predicted molar refractivity (Wildman–Crippen MR) is 183 cm³/mol. The summed E-state index contributed by atoms with van der Waals surface area (Å²) in [7, 11) is 1.35. The van der Waals surface area contributed by atoms with Crippen molar-refractivity contribution in [3.63, 3.8) is 0 Å². The lowest BCUT2D eigenvalue weighted by molar-refractivity contribution is -0.118. The minimum atomic E-state index is -0.480. The van der Waals surface area contributed by atoms with Gasteiger partial charge in [0, 0.05) is 5.69 Å². The molecule has 1 amide bonds. The van der Waals surface area contributed by atoms with Crippen molar-refractivity contribution in [3.8, 4) is 27.9 Å². The molecule has 5 aromatic carbocycles. The number of benzene rings is 5. The maximum absolute atomic E-state index is 13.9. The Kier molecular flexibility index (Phi) is 10.4. The average Bonchev–Trinajstić information content (AvgIpc) is 3.11. The number of hydrazine groups is 1. The number of esters is 1. The summed E-state index contributed by atoms with van der Waals surface area (Å²) in [6.07, 6.45) is 0. The van der Waals surface area contributed by atoms with Gasteiger partial charge in [0.15, 0.2) is 5.16 Å². The zero-order chi connectivity index (χ0) is 33.3. The third kappa shape index (κ3) is 7.38. The fourth-order valence-electron chi connectivity index (χ4n) is 4.94. The van der Waals surface area contributed by atoms with E-state index in [0.29, 0.717) is 27.8 Å². The molecule has 9 nitrogen and oxygen atoms in total. The molecule has 11 heteroatoms. The Balaban J connectivity index is 0.000000216. The third-order valence-electron chi connectivity index (χ3n) is 7.08. The van der Waals surface area contributed by atoms with Crippen LogP contribution in [0.25, 0.3) is 38.8 Å². The number of nitrogens with two attached hydrogens (primary N) is 2. The lowest BCUT2D eigenvalue weighted by Gasteiger charge is -2.15. The second-order valence-electron chi connectivity index (χ2n) is 10.1. The number of anilines is 1. The summed E-state index contributed by atoms with van der Waals surface area (Å²) in [6, 6.07) is 35.6. The maximum Gasteiger partial charge on any atom is 0.340 e. The van der Waals surface area contributed by atoms with E-state index in [4.69, 9.17) is 16.3 Å². The van der Waals surface area contributed by atoms with Crippen molar-refractivity contribution in [2.24, 2.45) is 5.84 Å². The molecule has 0 saturated carbocycles. The standard InChI is InChI=1S/C22H17FN4O2S.C14H13NO2/c23-15-8-4-9-16(12-15)27-21(29)20-17(14-6-2-1-3-7-14)10-5-11-18(20)25-22(27)30-13-19(28)26-24;1-17-14(16)13-11(8-5-9-12(13)15)10-6-3-2-4-7-10/h1-12H,13,24H2,(H,26,28);2-9H,15H2,1H3. The van der Waals surface area contributed by atoms with E-state index in [1.54, 1.807) is 18.2 Å². The molecule has 0 saturated heterocycles. The Morgan fingerprint density at radius 3 is 2.11 bits per heavy atom. The number of halogens is 1. The number of nitrogen functional groups attached to an aromatic ring is 1. The van der Waals surface area contributed by atoms with Crippen LogP contribution in [0.2, 0.25) is 0 Å². The summed E-state index contributed by atoms with van der Waals surface area (Å²) < 4.78 is 20.0. The number of amides is 1. The van der Waals surface area contributed by atoms with Gasteiger partial charge in [-0.25, -0.2) is 20.0 Å². The maximum atomic E-state index is 13.9. The highest BCUT2D eigenvalue weighted by Gasteiger charge is 2.18. The van der Waals surface area contributed by atoms with Crippen LogP contribution in [0.1, 0.15) is 10.4 Å². The van der Waals surface area contributed by atoms with E-state index in [1.165, 1.54) is 29.9 Å². The fraction of sp³-hybridized carbons (Fsp3) is 0.0556. The molecule has 1 heterocycles. The van der Waals surface area contributed by atoms with Crippen LogP contribution in [0.4, 0.5) is 10.1 Å². The minimum absolute atomic E-state index is 0.0395. The van der Waals surface area contributed by atoms with E-state index in [9.17, 15) is 18.8 Å². The summed E-state index contributed by atoms with van der Waals surface area (Å²) in [6.45, 7) is 0. The van der Waals surface area contributed by atoms with Crippen LogP contribution in [-0.4, -0.2) is 34.3 Å². The van der Waals surface area contributed by atoms with Crippen LogP contribution < -0.4 is 22.6 Å². The Bertz CT molecular complexity index is 2110. The van der Waals surface area contributed by atoms with Crippen molar-refractivity contribution < 1.29 is 18.7 Å². The molecule has 0 spiro atoms. The summed E-state index contributed by atoms with van der Waals surface area (Å²) in [5.41, 5.74) is 12.5. The second-order valence-corrected chi connectivity index (χ2v) is 11.0. The van der Waals surface area contributed by atoms with Gasteiger partial charge in [-0.2, -0.15) is 0 Å². The van der Waals surface area contributed by atoms with Gasteiger partial charge >= 0.3 is 5.97 Å². The van der Waals surface area contributed by atoms with Gasteiger partial charge in [-0.3, -0.25) is 19.6 Å². The highest BCUT2D eigenvalue weighted by molar-refractivity contribution is 7.99. The summed E-state index contributed by atoms with van der Waals surface area (Å²) >= 11 is 1.05. The van der Waals surface area contributed by atoms with Crippen molar-refractivity contribution in [1.82, 2.24) is 15.0 Å². The number of ether oxygens (including phenoxy) is 1. The van der Waals surface area contributed by atoms with Crippen molar-refractivity contribution in [2.45, 2.75) is 5.16 Å². The Morgan fingerprint density at radius 1 is 0.851 bits per heavy atom. The number of fused-ring (bicyclic) bond motifs is 1. The first-order valence-corrected chi connectivity index (χ1v) is 15.3. The van der Waals surface area contributed by atoms with Crippen molar-refractivity contribution in [3.05, 3.63) is 143 Å². The van der Waals surface area contributed by atoms with Gasteiger partial charge in [-0.1, -0.05) is 103 Å². The third-order valence-corrected chi connectivity index (χ3v) is 8.02. The molecule has 6 rings (SSSR count). The molecule has 1 aromatic heterocycles. The molecule has 0 aliphatic heterocycles. The lowest BCUT2D eigenvalue weighted by Crippen LogP contribution is -2.32. The predicted octanol–water partition coefficient (Wildman–Crippen LogP) is 6.00. The van der Waals surface area contributed by atoms with Crippen LogP contribution in [-0.2, 0) is 9.53 Å². The first-order chi connectivity index (χ1) is 22.8. The largest absolute Gasteiger partial charge is 0.465 e. The SMILES string of the molecule is COC(=O)c1c(N)cccc1-c1ccccc1.NNC(=O)CSc1nc2cccc(-c3ccccc3)c2c(=O)n1-c1cccc(F)c1. The summed E-state index contributed by atoms with van der Waals surface area (Å²) in [4.78, 5) is 41.6. The summed E-state index contributed by atoms with van der Waals surface area (Å²) in [5.74, 6) is 3.81. The van der Waals surface area contributed by atoms with Gasteiger partial charge in [0.1, 0.15) is 5.82 Å².